The summed E-state index contributed by atoms with van der Waals surface area (Å²) < 4.78 is 6.47. The smallest absolute Gasteiger partial charge is 0.274 e. The number of likely N-dealkylation sites (tertiary alicyclic amines) is 1. The molecule has 0 radical (unpaired) electrons. The molecule has 0 spiro atoms. The van der Waals surface area contributed by atoms with Crippen LogP contribution in [0.2, 0.25) is 0 Å². The molecule has 1 aromatic carbocycles. The van der Waals surface area contributed by atoms with Crippen LogP contribution in [0.3, 0.4) is 0 Å². The van der Waals surface area contributed by atoms with Gasteiger partial charge >= 0.3 is 0 Å². The lowest BCUT2D eigenvalue weighted by molar-refractivity contribution is 0.0792. The third-order valence-electron chi connectivity index (χ3n) is 5.49. The van der Waals surface area contributed by atoms with E-state index < -0.39 is 0 Å². The van der Waals surface area contributed by atoms with Crippen LogP contribution in [-0.2, 0) is 0 Å². The molecule has 31 heavy (non-hydrogen) atoms. The molecule has 156 valence electrons. The van der Waals surface area contributed by atoms with Crippen molar-refractivity contribution in [3.8, 4) is 11.4 Å². The summed E-state index contributed by atoms with van der Waals surface area (Å²) in [6, 6.07) is 9.00. The summed E-state index contributed by atoms with van der Waals surface area (Å²) in [6.45, 7) is 3.48. The number of nitrogens with one attached hydrogen (secondary N) is 1. The first-order valence-electron chi connectivity index (χ1n) is 10.1. The number of pyridine rings is 1. The van der Waals surface area contributed by atoms with Crippen LogP contribution in [0, 0.1) is 6.92 Å². The minimum Gasteiger partial charge on any atom is -0.342 e. The highest BCUT2D eigenvalue weighted by atomic mass is 16.5. The van der Waals surface area contributed by atoms with E-state index in [2.05, 4.69) is 20.4 Å². The minimum absolute atomic E-state index is 0.00269. The summed E-state index contributed by atoms with van der Waals surface area (Å²) in [5.41, 5.74) is 3.77. The van der Waals surface area contributed by atoms with Crippen LogP contribution in [0.4, 0.5) is 5.69 Å². The van der Waals surface area contributed by atoms with Gasteiger partial charge in [-0.25, -0.2) is 4.98 Å². The van der Waals surface area contributed by atoms with E-state index in [4.69, 9.17) is 4.52 Å². The van der Waals surface area contributed by atoms with Gasteiger partial charge in [-0.05, 0) is 43.5 Å². The monoisotopic (exact) mass is 416 g/mol. The molecule has 4 heterocycles. The Bertz CT molecular complexity index is 1270. The van der Waals surface area contributed by atoms with E-state index >= 15 is 0 Å². The van der Waals surface area contributed by atoms with Crippen molar-refractivity contribution in [1.82, 2.24) is 24.4 Å². The van der Waals surface area contributed by atoms with Gasteiger partial charge in [0.1, 0.15) is 11.3 Å². The molecule has 0 bridgehead atoms. The van der Waals surface area contributed by atoms with Gasteiger partial charge in [-0.2, -0.15) is 4.98 Å². The van der Waals surface area contributed by atoms with Crippen molar-refractivity contribution in [3.05, 3.63) is 65.9 Å². The van der Waals surface area contributed by atoms with Crippen LogP contribution >= 0.6 is 0 Å². The molecule has 1 aliphatic heterocycles. The number of anilines is 1. The molecule has 9 nitrogen and oxygen atoms in total. The molecule has 0 saturated carbocycles. The second-order valence-electron chi connectivity index (χ2n) is 7.53. The van der Waals surface area contributed by atoms with Gasteiger partial charge in [-0.3, -0.25) is 14.0 Å². The molecule has 1 aliphatic rings. The largest absolute Gasteiger partial charge is 0.342 e. The van der Waals surface area contributed by atoms with Gasteiger partial charge in [0, 0.05) is 36.1 Å². The first kappa shape index (κ1) is 19.0. The standard InChI is InChI=1S/C22H20N6O3/c1-14-4-5-15(20-24-13-31-26-20)10-17(14)25-21(29)18-12-23-19-11-16(6-9-28(18)19)22(30)27-7-2-3-8-27/h4-6,9-13H,2-3,7-8H2,1H3,(H,25,29). The van der Waals surface area contributed by atoms with E-state index in [9.17, 15) is 9.59 Å². The molecular formula is C22H20N6O3. The number of hydrogen-bond donors (Lipinski definition) is 1. The molecule has 0 aliphatic carbocycles. The normalized spacial score (nSPS) is 13.6. The molecule has 3 aromatic heterocycles. The lowest BCUT2D eigenvalue weighted by atomic mass is 10.1. The van der Waals surface area contributed by atoms with Crippen molar-refractivity contribution in [1.29, 1.82) is 0 Å². The fraction of sp³-hybridized carbons (Fsp3) is 0.227. The predicted molar refractivity (Wildman–Crippen MR) is 113 cm³/mol. The van der Waals surface area contributed by atoms with Crippen molar-refractivity contribution < 1.29 is 14.1 Å². The Morgan fingerprint density at radius 2 is 1.94 bits per heavy atom. The Balaban J connectivity index is 1.40. The van der Waals surface area contributed by atoms with Crippen LogP contribution in [0.25, 0.3) is 17.0 Å². The highest BCUT2D eigenvalue weighted by Crippen LogP contribution is 2.24. The number of aryl methyl sites for hydroxylation is 1. The van der Waals surface area contributed by atoms with Gasteiger partial charge in [0.15, 0.2) is 0 Å². The Labute approximate surface area is 177 Å². The number of amides is 2. The maximum Gasteiger partial charge on any atom is 0.274 e. The molecule has 1 fully saturated rings. The third-order valence-corrected chi connectivity index (χ3v) is 5.49. The molecule has 5 rings (SSSR count). The number of fused-ring (bicyclic) bond motifs is 1. The van der Waals surface area contributed by atoms with Crippen molar-refractivity contribution >= 4 is 23.1 Å². The number of rotatable bonds is 4. The van der Waals surface area contributed by atoms with Crippen LogP contribution in [0.15, 0.2) is 53.6 Å². The summed E-state index contributed by atoms with van der Waals surface area (Å²) in [7, 11) is 0. The molecular weight excluding hydrogens is 396 g/mol. The average molecular weight is 416 g/mol. The minimum atomic E-state index is -0.306. The molecule has 2 amide bonds. The summed E-state index contributed by atoms with van der Waals surface area (Å²) in [6.07, 6.45) is 6.55. The zero-order chi connectivity index (χ0) is 21.4. The number of carbonyl (C=O) groups is 2. The fourth-order valence-corrected chi connectivity index (χ4v) is 3.76. The van der Waals surface area contributed by atoms with E-state index in [1.807, 2.05) is 24.0 Å². The fourth-order valence-electron chi connectivity index (χ4n) is 3.76. The number of carbonyl (C=O) groups excluding carboxylic acids is 2. The number of nitrogens with zero attached hydrogens (tertiary/aromatic N) is 5. The number of aromatic nitrogens is 4. The van der Waals surface area contributed by atoms with E-state index in [-0.39, 0.29) is 11.8 Å². The van der Waals surface area contributed by atoms with Crippen LogP contribution in [-0.4, -0.2) is 49.3 Å². The average Bonchev–Trinajstić information content (AvgIpc) is 3.55. The topological polar surface area (TPSA) is 106 Å². The van der Waals surface area contributed by atoms with Crippen molar-refractivity contribution in [2.24, 2.45) is 0 Å². The highest BCUT2D eigenvalue weighted by Gasteiger charge is 2.21. The Hall–Kier alpha value is -4.01. The van der Waals surface area contributed by atoms with Crippen molar-refractivity contribution in [3.63, 3.8) is 0 Å². The number of hydrogen-bond acceptors (Lipinski definition) is 6. The Morgan fingerprint density at radius 3 is 2.71 bits per heavy atom. The maximum atomic E-state index is 13.0. The van der Waals surface area contributed by atoms with Crippen molar-refractivity contribution in [2.75, 3.05) is 18.4 Å². The quantitative estimate of drug-likeness (QED) is 0.548. The highest BCUT2D eigenvalue weighted by molar-refractivity contribution is 6.04. The van der Waals surface area contributed by atoms with Gasteiger partial charge in [0.05, 0.1) is 6.20 Å². The van der Waals surface area contributed by atoms with E-state index in [0.29, 0.717) is 28.4 Å². The SMILES string of the molecule is Cc1ccc(-c2ncon2)cc1NC(=O)c1cnc2cc(C(=O)N3CCCC3)ccn12. The van der Waals surface area contributed by atoms with E-state index in [0.717, 1.165) is 37.1 Å². The molecule has 0 atom stereocenters. The lowest BCUT2D eigenvalue weighted by Crippen LogP contribution is -2.27. The maximum absolute atomic E-state index is 13.0. The summed E-state index contributed by atoms with van der Waals surface area (Å²) in [5, 5.41) is 6.76. The second-order valence-corrected chi connectivity index (χ2v) is 7.53. The van der Waals surface area contributed by atoms with Gasteiger partial charge in [0.25, 0.3) is 11.8 Å². The van der Waals surface area contributed by atoms with Gasteiger partial charge in [-0.15, -0.1) is 0 Å². The molecule has 0 unspecified atom stereocenters. The van der Waals surface area contributed by atoms with Crippen LogP contribution < -0.4 is 5.32 Å². The summed E-state index contributed by atoms with van der Waals surface area (Å²) in [4.78, 5) is 35.8. The molecule has 9 heteroatoms. The van der Waals surface area contributed by atoms with Crippen LogP contribution in [0.1, 0.15) is 39.3 Å². The summed E-state index contributed by atoms with van der Waals surface area (Å²) in [5.74, 6) is 0.142. The van der Waals surface area contributed by atoms with Gasteiger partial charge in [-0.1, -0.05) is 17.3 Å². The van der Waals surface area contributed by atoms with E-state index in [1.54, 1.807) is 28.8 Å². The van der Waals surface area contributed by atoms with Crippen molar-refractivity contribution in [2.45, 2.75) is 19.8 Å². The summed E-state index contributed by atoms with van der Waals surface area (Å²) >= 11 is 0. The molecule has 1 N–H and O–H groups in total. The molecule has 1 saturated heterocycles. The number of benzene rings is 1. The second kappa shape index (κ2) is 7.67. The number of imidazole rings is 1. The lowest BCUT2D eigenvalue weighted by Gasteiger charge is -2.15. The first-order valence-corrected chi connectivity index (χ1v) is 10.1. The first-order chi connectivity index (χ1) is 15.1. The van der Waals surface area contributed by atoms with Gasteiger partial charge < -0.3 is 14.7 Å². The predicted octanol–water partition coefficient (Wildman–Crippen LogP) is 3.18. The Morgan fingerprint density at radius 1 is 1.10 bits per heavy atom. The zero-order valence-corrected chi connectivity index (χ0v) is 16.9. The van der Waals surface area contributed by atoms with Gasteiger partial charge in [0.2, 0.25) is 12.2 Å². The Kier molecular flexibility index (Phi) is 4.70. The van der Waals surface area contributed by atoms with E-state index in [1.165, 1.54) is 12.6 Å². The molecule has 4 aromatic rings. The van der Waals surface area contributed by atoms with Crippen LogP contribution in [0.5, 0.6) is 0 Å². The zero-order valence-electron chi connectivity index (χ0n) is 16.9. The third kappa shape index (κ3) is 3.54.